The van der Waals surface area contributed by atoms with E-state index in [9.17, 15) is 0 Å². The van der Waals surface area contributed by atoms with Gasteiger partial charge < -0.3 is 33.7 Å². The molecule has 0 bridgehead atoms. The molecule has 0 amide bonds. The van der Waals surface area contributed by atoms with E-state index in [1.165, 1.54) is 0 Å². The van der Waals surface area contributed by atoms with Crippen LogP contribution in [0, 0.1) is 0 Å². The zero-order chi connectivity index (χ0) is 22.8. The second-order valence-electron chi connectivity index (χ2n) is 10.3. The molecule has 4 rings (SSSR count). The van der Waals surface area contributed by atoms with Gasteiger partial charge in [-0.1, -0.05) is 20.8 Å². The van der Waals surface area contributed by atoms with Crippen molar-refractivity contribution < 1.29 is 23.4 Å². The lowest BCUT2D eigenvalue weighted by molar-refractivity contribution is -0.199. The van der Waals surface area contributed by atoms with Crippen LogP contribution in [0.4, 0.5) is 5.95 Å². The lowest BCUT2D eigenvalue weighted by Gasteiger charge is -2.37. The fourth-order valence-corrected chi connectivity index (χ4v) is 4.92. The summed E-state index contributed by atoms with van der Waals surface area (Å²) in [4.78, 5) is 8.59. The number of nitrogens with two attached hydrogens (primary N) is 1. The van der Waals surface area contributed by atoms with Gasteiger partial charge >= 0.3 is 0 Å². The first kappa shape index (κ1) is 22.5. The van der Waals surface area contributed by atoms with Crippen molar-refractivity contribution in [3.63, 3.8) is 0 Å². The molecule has 0 aliphatic carbocycles. The molecule has 0 saturated carbocycles. The molecule has 0 spiro atoms. The normalized spacial score (nSPS) is 28.3. The van der Waals surface area contributed by atoms with Gasteiger partial charge in [-0.05, 0) is 38.0 Å². The molecular formula is C21H34N4O5Si. The predicted molar refractivity (Wildman–Crippen MR) is 119 cm³/mol. The molecule has 2 saturated heterocycles. The van der Waals surface area contributed by atoms with E-state index < -0.39 is 20.3 Å². The van der Waals surface area contributed by atoms with Crippen LogP contribution in [0.5, 0.6) is 5.88 Å². The van der Waals surface area contributed by atoms with Gasteiger partial charge in [-0.25, -0.2) is 0 Å². The highest BCUT2D eigenvalue weighted by Crippen LogP contribution is 2.45. The van der Waals surface area contributed by atoms with Crippen LogP contribution in [0.1, 0.15) is 40.8 Å². The number of methoxy groups -OCH3 is 1. The first-order valence-electron chi connectivity index (χ1n) is 10.7. The van der Waals surface area contributed by atoms with E-state index in [0.29, 0.717) is 18.1 Å². The molecule has 9 nitrogen and oxygen atoms in total. The highest BCUT2D eigenvalue weighted by Gasteiger charge is 2.56. The summed E-state index contributed by atoms with van der Waals surface area (Å²) >= 11 is 0. The van der Waals surface area contributed by atoms with Crippen molar-refractivity contribution in [3.05, 3.63) is 12.3 Å². The summed E-state index contributed by atoms with van der Waals surface area (Å²) in [6.07, 6.45) is 0.652. The molecular weight excluding hydrogens is 416 g/mol. The third kappa shape index (κ3) is 3.95. The van der Waals surface area contributed by atoms with Crippen molar-refractivity contribution in [1.82, 2.24) is 14.5 Å². The van der Waals surface area contributed by atoms with Crippen molar-refractivity contribution >= 4 is 25.3 Å². The average Bonchev–Trinajstić information content (AvgIpc) is 3.29. The van der Waals surface area contributed by atoms with E-state index in [2.05, 4.69) is 43.8 Å². The quantitative estimate of drug-likeness (QED) is 0.691. The maximum atomic E-state index is 6.47. The van der Waals surface area contributed by atoms with Crippen LogP contribution in [-0.2, 0) is 18.6 Å². The van der Waals surface area contributed by atoms with E-state index in [4.69, 9.17) is 29.1 Å². The third-order valence-electron chi connectivity index (χ3n) is 6.56. The Hall–Kier alpha value is -1.72. The molecule has 4 unspecified atom stereocenters. The highest BCUT2D eigenvalue weighted by molar-refractivity contribution is 6.74. The van der Waals surface area contributed by atoms with Crippen molar-refractivity contribution in [2.45, 2.75) is 83.1 Å². The number of ether oxygens (including phenoxy) is 4. The summed E-state index contributed by atoms with van der Waals surface area (Å²) in [7, 11) is -0.380. The monoisotopic (exact) mass is 450 g/mol. The summed E-state index contributed by atoms with van der Waals surface area (Å²) in [6, 6.07) is 1.90. The van der Waals surface area contributed by atoms with Crippen molar-refractivity contribution in [2.75, 3.05) is 19.5 Å². The maximum Gasteiger partial charge on any atom is 0.227 e. The SMILES string of the molecule is COc1nc(N)nc2c1ccn2C1OC(CO[Si](C)(C)C(C)(C)C)C2OC(C)(C)OC21. The molecule has 2 aromatic heterocycles. The lowest BCUT2D eigenvalue weighted by atomic mass is 10.1. The summed E-state index contributed by atoms with van der Waals surface area (Å²) < 4.78 is 32.7. The van der Waals surface area contributed by atoms with E-state index in [1.807, 2.05) is 30.7 Å². The molecule has 31 heavy (non-hydrogen) atoms. The number of nitrogens with zero attached hydrogens (tertiary/aromatic N) is 3. The molecule has 0 radical (unpaired) electrons. The van der Waals surface area contributed by atoms with Crippen molar-refractivity contribution in [2.24, 2.45) is 0 Å². The minimum atomic E-state index is -1.94. The van der Waals surface area contributed by atoms with E-state index in [0.717, 1.165) is 5.39 Å². The fourth-order valence-electron chi connectivity index (χ4n) is 3.91. The van der Waals surface area contributed by atoms with Crippen LogP contribution in [0.3, 0.4) is 0 Å². The van der Waals surface area contributed by atoms with Gasteiger partial charge in [0.1, 0.15) is 18.3 Å². The van der Waals surface area contributed by atoms with Crippen LogP contribution in [0.25, 0.3) is 11.0 Å². The Balaban J connectivity index is 1.65. The Labute approximate surface area is 184 Å². The van der Waals surface area contributed by atoms with E-state index in [-0.39, 0.29) is 29.3 Å². The second kappa shape index (κ2) is 7.41. The van der Waals surface area contributed by atoms with E-state index in [1.54, 1.807) is 7.11 Å². The van der Waals surface area contributed by atoms with Gasteiger partial charge in [0.2, 0.25) is 11.8 Å². The molecule has 2 aromatic rings. The Morgan fingerprint density at radius 1 is 1.19 bits per heavy atom. The Morgan fingerprint density at radius 3 is 2.52 bits per heavy atom. The van der Waals surface area contributed by atoms with Gasteiger partial charge in [0.05, 0.1) is 19.1 Å². The van der Waals surface area contributed by atoms with Crippen LogP contribution < -0.4 is 10.5 Å². The largest absolute Gasteiger partial charge is 0.480 e. The molecule has 2 N–H and O–H groups in total. The van der Waals surface area contributed by atoms with Crippen molar-refractivity contribution in [3.8, 4) is 5.88 Å². The van der Waals surface area contributed by atoms with Gasteiger partial charge in [-0.3, -0.25) is 0 Å². The number of hydrogen-bond acceptors (Lipinski definition) is 8. The van der Waals surface area contributed by atoms with Crippen LogP contribution in [0.15, 0.2) is 12.3 Å². The lowest BCUT2D eigenvalue weighted by Crippen LogP contribution is -2.44. The first-order valence-corrected chi connectivity index (χ1v) is 13.6. The second-order valence-corrected chi connectivity index (χ2v) is 15.1. The molecule has 2 aliphatic rings. The van der Waals surface area contributed by atoms with Crippen LogP contribution in [0.2, 0.25) is 18.1 Å². The van der Waals surface area contributed by atoms with Gasteiger partial charge in [0, 0.05) is 6.20 Å². The number of hydrogen-bond donors (Lipinski definition) is 1. The molecule has 4 heterocycles. The van der Waals surface area contributed by atoms with E-state index >= 15 is 0 Å². The Morgan fingerprint density at radius 2 is 1.87 bits per heavy atom. The molecule has 10 heteroatoms. The van der Waals surface area contributed by atoms with Gasteiger partial charge in [0.25, 0.3) is 0 Å². The minimum Gasteiger partial charge on any atom is -0.480 e. The summed E-state index contributed by atoms with van der Waals surface area (Å²) in [5.74, 6) is -0.139. The van der Waals surface area contributed by atoms with Crippen LogP contribution in [-0.4, -0.2) is 60.7 Å². The summed E-state index contributed by atoms with van der Waals surface area (Å²) in [5, 5.41) is 0.870. The van der Waals surface area contributed by atoms with Gasteiger partial charge in [-0.15, -0.1) is 0 Å². The Bertz CT molecular complexity index is 971. The smallest absolute Gasteiger partial charge is 0.227 e. The predicted octanol–water partition coefficient (Wildman–Crippen LogP) is 3.46. The number of fused-ring (bicyclic) bond motifs is 2. The molecule has 172 valence electrons. The zero-order valence-corrected chi connectivity index (χ0v) is 20.6. The fraction of sp³-hybridized carbons (Fsp3) is 0.714. The standard InChI is InChI=1S/C21H34N4O5Si/c1-20(2,3)31(7,8)27-11-13-14-15(30-21(4,5)29-14)18(28-13)25-10-9-12-16(25)23-19(22)24-17(12)26-6/h9-10,13-15,18H,11H2,1-8H3,(H2,22,23,24). The number of anilines is 1. The molecule has 4 atom stereocenters. The van der Waals surface area contributed by atoms with Gasteiger partial charge in [0.15, 0.2) is 26.0 Å². The third-order valence-corrected chi connectivity index (χ3v) is 11.1. The van der Waals surface area contributed by atoms with Crippen LogP contribution >= 0.6 is 0 Å². The number of aromatic nitrogens is 3. The molecule has 0 aromatic carbocycles. The average molecular weight is 451 g/mol. The molecule has 2 aliphatic heterocycles. The first-order chi connectivity index (χ1) is 14.3. The maximum absolute atomic E-state index is 6.47. The summed E-state index contributed by atoms with van der Waals surface area (Å²) in [6.45, 7) is 15.4. The molecule has 2 fully saturated rings. The van der Waals surface area contributed by atoms with Gasteiger partial charge in [-0.2, -0.15) is 9.97 Å². The summed E-state index contributed by atoms with van der Waals surface area (Å²) in [5.41, 5.74) is 6.54. The topological polar surface area (TPSA) is 103 Å². The number of nitrogen functional groups attached to an aromatic ring is 1. The number of rotatable bonds is 5. The minimum absolute atomic E-state index is 0.109. The van der Waals surface area contributed by atoms with Crippen molar-refractivity contribution in [1.29, 1.82) is 0 Å². The zero-order valence-electron chi connectivity index (χ0n) is 19.6. The highest BCUT2D eigenvalue weighted by atomic mass is 28.4. The Kier molecular flexibility index (Phi) is 5.37.